The summed E-state index contributed by atoms with van der Waals surface area (Å²) in [7, 11) is 0. The Morgan fingerprint density at radius 1 is 1.35 bits per heavy atom. The minimum absolute atomic E-state index is 0.00686. The Labute approximate surface area is 164 Å². The lowest BCUT2D eigenvalue weighted by Gasteiger charge is -2.25. The van der Waals surface area contributed by atoms with Crippen LogP contribution in [-0.4, -0.2) is 16.2 Å². The summed E-state index contributed by atoms with van der Waals surface area (Å²) in [5.74, 6) is 0.612. The van der Waals surface area contributed by atoms with E-state index in [2.05, 4.69) is 27.6 Å². The molecule has 0 saturated heterocycles. The van der Waals surface area contributed by atoms with E-state index in [0.717, 1.165) is 3.77 Å². The fraction of sp³-hybridized carbons (Fsp3) is 0.125. The van der Waals surface area contributed by atoms with Gasteiger partial charge in [-0.1, -0.05) is 17.4 Å². The summed E-state index contributed by atoms with van der Waals surface area (Å²) < 4.78 is 8.33. The highest BCUT2D eigenvalue weighted by atomic mass is 127. The number of nitrogens with zero attached hydrogens (tertiary/aromatic N) is 4. The molecule has 4 rings (SSSR count). The Morgan fingerprint density at radius 2 is 2.19 bits per heavy atom. The summed E-state index contributed by atoms with van der Waals surface area (Å²) in [4.78, 5) is 30.1. The van der Waals surface area contributed by atoms with Crippen LogP contribution in [0.15, 0.2) is 50.6 Å². The second-order valence-corrected chi connectivity index (χ2v) is 7.60. The molecule has 0 aliphatic carbocycles. The molecule has 1 aromatic carbocycles. The van der Waals surface area contributed by atoms with E-state index in [4.69, 9.17) is 4.42 Å². The Hall–Kier alpha value is -2.47. The molecule has 0 radical (unpaired) electrons. The molecule has 0 spiro atoms. The van der Waals surface area contributed by atoms with Gasteiger partial charge in [-0.05, 0) is 40.8 Å². The monoisotopic (exact) mass is 482 g/mol. The van der Waals surface area contributed by atoms with E-state index in [1.54, 1.807) is 28.8 Å². The van der Waals surface area contributed by atoms with Crippen molar-refractivity contribution in [2.24, 2.45) is 4.99 Å². The number of nitro groups is 1. The average Bonchev–Trinajstić information content (AvgIpc) is 3.18. The Bertz CT molecular complexity index is 1180. The van der Waals surface area contributed by atoms with Gasteiger partial charge in [-0.25, -0.2) is 4.99 Å². The average molecular weight is 482 g/mol. The number of aromatic nitrogens is 1. The van der Waals surface area contributed by atoms with Gasteiger partial charge in [0.25, 0.3) is 11.2 Å². The minimum atomic E-state index is -0.440. The molecule has 3 heterocycles. The first-order valence-corrected chi connectivity index (χ1v) is 9.41. The van der Waals surface area contributed by atoms with Gasteiger partial charge in [-0.15, -0.1) is 0 Å². The number of nitro benzene ring substituents is 1. The van der Waals surface area contributed by atoms with Crippen molar-refractivity contribution in [2.45, 2.75) is 6.67 Å². The fourth-order valence-electron chi connectivity index (χ4n) is 2.61. The van der Waals surface area contributed by atoms with Crippen LogP contribution in [0.5, 0.6) is 0 Å². The van der Waals surface area contributed by atoms with Crippen molar-refractivity contribution < 1.29 is 9.34 Å². The van der Waals surface area contributed by atoms with Gasteiger partial charge in [-0.3, -0.25) is 19.5 Å². The highest BCUT2D eigenvalue weighted by Gasteiger charge is 2.18. The first-order chi connectivity index (χ1) is 12.5. The quantitative estimate of drug-likeness (QED) is 0.323. The highest BCUT2D eigenvalue weighted by Crippen LogP contribution is 2.21. The van der Waals surface area contributed by atoms with Gasteiger partial charge in [0.15, 0.2) is 8.57 Å². The second kappa shape index (κ2) is 6.68. The molecule has 10 heteroatoms. The maximum absolute atomic E-state index is 12.7. The number of halogens is 1. The van der Waals surface area contributed by atoms with Crippen LogP contribution in [0.3, 0.4) is 0 Å². The van der Waals surface area contributed by atoms with Crippen LogP contribution in [0, 0.1) is 13.9 Å². The maximum atomic E-state index is 12.7. The number of rotatable bonds is 3. The van der Waals surface area contributed by atoms with Crippen LogP contribution in [0.25, 0.3) is 6.08 Å². The van der Waals surface area contributed by atoms with Crippen LogP contribution >= 0.6 is 33.9 Å². The van der Waals surface area contributed by atoms with Crippen LogP contribution in [0.2, 0.25) is 0 Å². The van der Waals surface area contributed by atoms with Crippen LogP contribution in [0.1, 0.15) is 5.76 Å². The van der Waals surface area contributed by atoms with Crippen molar-refractivity contribution in [3.05, 3.63) is 75.7 Å². The molecule has 26 heavy (non-hydrogen) atoms. The van der Waals surface area contributed by atoms with Gasteiger partial charge in [0.1, 0.15) is 19.1 Å². The topological polar surface area (TPSA) is 93.9 Å². The summed E-state index contributed by atoms with van der Waals surface area (Å²) in [5, 5.41) is 11.0. The van der Waals surface area contributed by atoms with E-state index < -0.39 is 4.92 Å². The fourth-order valence-corrected chi connectivity index (χ4v) is 3.99. The van der Waals surface area contributed by atoms with Crippen molar-refractivity contribution in [3.8, 4) is 0 Å². The molecule has 0 saturated carbocycles. The number of benzene rings is 1. The molecule has 1 aliphatic rings. The number of hydrogen-bond acceptors (Lipinski definition) is 7. The molecular weight excluding hydrogens is 471 g/mol. The van der Waals surface area contributed by atoms with Crippen LogP contribution in [-0.2, 0) is 6.67 Å². The molecular formula is C16H11IN4O4S. The largest absolute Gasteiger partial charge is 0.451 e. The maximum Gasteiger partial charge on any atom is 0.271 e. The molecule has 1 aliphatic heterocycles. The molecule has 0 bridgehead atoms. The van der Waals surface area contributed by atoms with E-state index in [-0.39, 0.29) is 11.2 Å². The molecule has 3 aromatic rings. The lowest BCUT2D eigenvalue weighted by molar-refractivity contribution is -0.384. The van der Waals surface area contributed by atoms with Crippen molar-refractivity contribution in [1.29, 1.82) is 0 Å². The number of thiazole rings is 1. The lowest BCUT2D eigenvalue weighted by Crippen LogP contribution is -2.42. The van der Waals surface area contributed by atoms with E-state index in [0.29, 0.717) is 34.1 Å². The molecule has 0 N–H and O–H groups in total. The third-order valence-corrected chi connectivity index (χ3v) is 5.47. The van der Waals surface area contributed by atoms with E-state index in [9.17, 15) is 14.9 Å². The summed E-state index contributed by atoms with van der Waals surface area (Å²) >= 11 is 3.37. The molecule has 0 fully saturated rings. The smallest absolute Gasteiger partial charge is 0.271 e. The zero-order chi connectivity index (χ0) is 18.3. The standard InChI is InChI=1S/C16H11IN4O4S/c17-14-5-4-12(25-14)7-13-15(22)20-9-19(8-18-16(20)26-13)10-2-1-3-11(6-10)21(23)24/h1-7H,8-9H2/b13-7-. The SMILES string of the molecule is O=c1/c(=C/c2ccc(I)o2)sc2n1CN(c1cccc([N+](=O)[O-])c1)CN=2. The normalized spacial score (nSPS) is 14.2. The Kier molecular flexibility index (Phi) is 4.36. The van der Waals surface area contributed by atoms with E-state index >= 15 is 0 Å². The third kappa shape index (κ3) is 3.17. The molecule has 8 nitrogen and oxygen atoms in total. The number of non-ortho nitro benzene ring substituents is 1. The first kappa shape index (κ1) is 17.0. The summed E-state index contributed by atoms with van der Waals surface area (Å²) in [6.07, 6.45) is 1.70. The summed E-state index contributed by atoms with van der Waals surface area (Å²) in [6, 6.07) is 9.93. The van der Waals surface area contributed by atoms with E-state index in [1.165, 1.54) is 23.5 Å². The Morgan fingerprint density at radius 3 is 2.92 bits per heavy atom. The summed E-state index contributed by atoms with van der Waals surface area (Å²) in [5.41, 5.74) is 0.500. The molecule has 0 unspecified atom stereocenters. The minimum Gasteiger partial charge on any atom is -0.451 e. The van der Waals surface area contributed by atoms with Crippen molar-refractivity contribution in [2.75, 3.05) is 11.6 Å². The van der Waals surface area contributed by atoms with Crippen molar-refractivity contribution in [1.82, 2.24) is 4.57 Å². The third-order valence-electron chi connectivity index (χ3n) is 3.85. The zero-order valence-electron chi connectivity index (χ0n) is 13.2. The van der Waals surface area contributed by atoms with Gasteiger partial charge >= 0.3 is 0 Å². The predicted octanol–water partition coefficient (Wildman–Crippen LogP) is 1.90. The number of anilines is 1. The van der Waals surface area contributed by atoms with Gasteiger partial charge in [0, 0.05) is 23.9 Å². The van der Waals surface area contributed by atoms with Gasteiger partial charge in [0.2, 0.25) is 0 Å². The van der Waals surface area contributed by atoms with Crippen molar-refractivity contribution in [3.63, 3.8) is 0 Å². The number of hydrogen-bond donors (Lipinski definition) is 0. The van der Waals surface area contributed by atoms with Crippen molar-refractivity contribution >= 4 is 51.4 Å². The van der Waals surface area contributed by atoms with Gasteiger partial charge in [-0.2, -0.15) is 0 Å². The molecule has 132 valence electrons. The predicted molar refractivity (Wildman–Crippen MR) is 105 cm³/mol. The first-order valence-electron chi connectivity index (χ1n) is 7.52. The van der Waals surface area contributed by atoms with Crippen LogP contribution in [0.4, 0.5) is 11.4 Å². The second-order valence-electron chi connectivity index (χ2n) is 5.53. The zero-order valence-corrected chi connectivity index (χ0v) is 16.1. The number of furan rings is 1. The highest BCUT2D eigenvalue weighted by molar-refractivity contribution is 14.1. The Balaban J connectivity index is 1.70. The summed E-state index contributed by atoms with van der Waals surface area (Å²) in [6.45, 7) is 0.623. The molecule has 0 amide bonds. The van der Waals surface area contributed by atoms with Gasteiger partial charge in [0.05, 0.1) is 9.46 Å². The lowest BCUT2D eigenvalue weighted by atomic mass is 10.2. The molecule has 2 aromatic heterocycles. The molecule has 0 atom stereocenters. The number of fused-ring (bicyclic) bond motifs is 1. The van der Waals surface area contributed by atoms with Crippen LogP contribution < -0.4 is 19.8 Å². The van der Waals surface area contributed by atoms with Gasteiger partial charge < -0.3 is 9.32 Å². The van der Waals surface area contributed by atoms with E-state index in [1.807, 2.05) is 11.0 Å².